The maximum absolute atomic E-state index is 13.0. The van der Waals surface area contributed by atoms with Crippen LogP contribution in [0.25, 0.3) is 0 Å². The molecule has 0 atom stereocenters. The number of aryl methyl sites for hydroxylation is 2. The molecule has 0 heterocycles. The van der Waals surface area contributed by atoms with Crippen molar-refractivity contribution in [1.29, 1.82) is 0 Å². The van der Waals surface area contributed by atoms with E-state index in [4.69, 9.17) is 5.11 Å². The van der Waals surface area contributed by atoms with Crippen LogP contribution in [0.15, 0.2) is 42.5 Å². The number of nitrogens with zero attached hydrogens (tertiary/aromatic N) is 1. The average Bonchev–Trinajstić information content (AvgIpc) is 2.62. The summed E-state index contributed by atoms with van der Waals surface area (Å²) < 4.78 is 13.0. The van der Waals surface area contributed by atoms with Gasteiger partial charge in [0, 0.05) is 12.1 Å². The molecule has 2 rings (SSSR count). The number of nitrogens with one attached hydrogen (secondary N) is 1. The van der Waals surface area contributed by atoms with E-state index in [0.717, 1.165) is 16.0 Å². The standard InChI is InChI=1S/C20H21FN2O4/c1-13-3-6-16(9-14(13)2)20(27)22-10-18(24)23(12-19(25)26)11-15-4-7-17(21)8-5-15/h3-9H,10-12H2,1-2H3,(H,22,27)(H,25,26). The lowest BCUT2D eigenvalue weighted by molar-refractivity contribution is -0.144. The highest BCUT2D eigenvalue weighted by molar-refractivity contribution is 5.97. The van der Waals surface area contributed by atoms with Crippen LogP contribution in [0.4, 0.5) is 4.39 Å². The number of amides is 2. The fourth-order valence-corrected chi connectivity index (χ4v) is 2.46. The highest BCUT2D eigenvalue weighted by Gasteiger charge is 2.18. The smallest absolute Gasteiger partial charge is 0.323 e. The molecule has 2 aromatic rings. The minimum absolute atomic E-state index is 0.00488. The van der Waals surface area contributed by atoms with Gasteiger partial charge in [0.15, 0.2) is 0 Å². The number of hydrogen-bond donors (Lipinski definition) is 2. The monoisotopic (exact) mass is 372 g/mol. The van der Waals surface area contributed by atoms with Crippen molar-refractivity contribution in [2.24, 2.45) is 0 Å². The Hall–Kier alpha value is -3.22. The Balaban J connectivity index is 2.01. The van der Waals surface area contributed by atoms with Crippen molar-refractivity contribution < 1.29 is 23.9 Å². The van der Waals surface area contributed by atoms with Crippen LogP contribution in [-0.2, 0) is 16.1 Å². The van der Waals surface area contributed by atoms with Crippen LogP contribution >= 0.6 is 0 Å². The molecule has 2 N–H and O–H groups in total. The van der Waals surface area contributed by atoms with Gasteiger partial charge in [-0.2, -0.15) is 0 Å². The van der Waals surface area contributed by atoms with Crippen LogP contribution in [0.1, 0.15) is 27.0 Å². The molecule has 27 heavy (non-hydrogen) atoms. The first-order valence-electron chi connectivity index (χ1n) is 8.35. The number of carbonyl (C=O) groups is 3. The molecule has 6 nitrogen and oxygen atoms in total. The second-order valence-electron chi connectivity index (χ2n) is 6.25. The van der Waals surface area contributed by atoms with E-state index < -0.39 is 30.1 Å². The minimum Gasteiger partial charge on any atom is -0.480 e. The molecule has 142 valence electrons. The number of carboxylic acids is 1. The lowest BCUT2D eigenvalue weighted by atomic mass is 10.1. The summed E-state index contributed by atoms with van der Waals surface area (Å²) in [5.41, 5.74) is 3.02. The second-order valence-corrected chi connectivity index (χ2v) is 6.25. The van der Waals surface area contributed by atoms with E-state index in [1.807, 2.05) is 19.9 Å². The highest BCUT2D eigenvalue weighted by atomic mass is 19.1. The summed E-state index contributed by atoms with van der Waals surface area (Å²) in [6, 6.07) is 10.6. The summed E-state index contributed by atoms with van der Waals surface area (Å²) >= 11 is 0. The van der Waals surface area contributed by atoms with Crippen LogP contribution in [0.2, 0.25) is 0 Å². The van der Waals surface area contributed by atoms with Crippen molar-refractivity contribution in [3.05, 3.63) is 70.5 Å². The van der Waals surface area contributed by atoms with Crippen LogP contribution < -0.4 is 5.32 Å². The number of rotatable bonds is 7. The highest BCUT2D eigenvalue weighted by Crippen LogP contribution is 2.10. The van der Waals surface area contributed by atoms with Crippen molar-refractivity contribution in [1.82, 2.24) is 10.2 Å². The Morgan fingerprint density at radius 3 is 2.30 bits per heavy atom. The van der Waals surface area contributed by atoms with Crippen molar-refractivity contribution in [3.8, 4) is 0 Å². The average molecular weight is 372 g/mol. The minimum atomic E-state index is -1.18. The summed E-state index contributed by atoms with van der Waals surface area (Å²) in [7, 11) is 0. The zero-order chi connectivity index (χ0) is 20.0. The number of benzene rings is 2. The van der Waals surface area contributed by atoms with Gasteiger partial charge in [0.05, 0.1) is 6.54 Å². The third-order valence-electron chi connectivity index (χ3n) is 4.13. The Labute approximate surface area is 156 Å². The lowest BCUT2D eigenvalue weighted by Crippen LogP contribution is -2.42. The molecule has 0 aliphatic rings. The van der Waals surface area contributed by atoms with Gasteiger partial charge < -0.3 is 15.3 Å². The number of carboxylic acid groups (broad SMARTS) is 1. The quantitative estimate of drug-likeness (QED) is 0.781. The largest absolute Gasteiger partial charge is 0.480 e. The molecule has 0 saturated carbocycles. The predicted octanol–water partition coefficient (Wildman–Crippen LogP) is 2.29. The van der Waals surface area contributed by atoms with Gasteiger partial charge >= 0.3 is 5.97 Å². The fraction of sp³-hybridized carbons (Fsp3) is 0.250. The van der Waals surface area contributed by atoms with Crippen LogP contribution in [0.3, 0.4) is 0 Å². The number of hydrogen-bond acceptors (Lipinski definition) is 3. The maximum Gasteiger partial charge on any atom is 0.323 e. The topological polar surface area (TPSA) is 86.7 Å². The van der Waals surface area contributed by atoms with Gasteiger partial charge in [-0.15, -0.1) is 0 Å². The molecule has 0 aromatic heterocycles. The number of halogens is 1. The molecular formula is C20H21FN2O4. The molecule has 2 aromatic carbocycles. The van der Waals surface area contributed by atoms with E-state index in [1.54, 1.807) is 12.1 Å². The molecule has 2 amide bonds. The first kappa shape index (κ1) is 20.1. The Morgan fingerprint density at radius 2 is 1.70 bits per heavy atom. The first-order valence-corrected chi connectivity index (χ1v) is 8.35. The first-order chi connectivity index (χ1) is 12.8. The van der Waals surface area contributed by atoms with Crippen molar-refractivity contribution in [2.75, 3.05) is 13.1 Å². The molecule has 0 unspecified atom stereocenters. The zero-order valence-corrected chi connectivity index (χ0v) is 15.2. The molecule has 0 fully saturated rings. The van der Waals surface area contributed by atoms with Crippen molar-refractivity contribution in [2.45, 2.75) is 20.4 Å². The molecule has 0 bridgehead atoms. The van der Waals surface area contributed by atoms with E-state index >= 15 is 0 Å². The van der Waals surface area contributed by atoms with E-state index in [2.05, 4.69) is 5.32 Å². The SMILES string of the molecule is Cc1ccc(C(=O)NCC(=O)N(CC(=O)O)Cc2ccc(F)cc2)cc1C. The lowest BCUT2D eigenvalue weighted by Gasteiger charge is -2.21. The number of aliphatic carboxylic acids is 1. The molecule has 0 spiro atoms. The molecule has 0 saturated heterocycles. The van der Waals surface area contributed by atoms with Crippen LogP contribution in [0.5, 0.6) is 0 Å². The molecule has 0 aliphatic carbocycles. The molecule has 7 heteroatoms. The molecule has 0 aliphatic heterocycles. The van der Waals surface area contributed by atoms with Gasteiger partial charge in [-0.25, -0.2) is 4.39 Å². The van der Waals surface area contributed by atoms with Gasteiger partial charge in [0.1, 0.15) is 12.4 Å². The normalized spacial score (nSPS) is 10.3. The van der Waals surface area contributed by atoms with E-state index in [-0.39, 0.29) is 13.1 Å². The van der Waals surface area contributed by atoms with Crippen molar-refractivity contribution >= 4 is 17.8 Å². The molecule has 0 radical (unpaired) electrons. The second kappa shape index (κ2) is 8.93. The van der Waals surface area contributed by atoms with Gasteiger partial charge in [0.25, 0.3) is 5.91 Å². The van der Waals surface area contributed by atoms with Gasteiger partial charge in [-0.3, -0.25) is 14.4 Å². The fourth-order valence-electron chi connectivity index (χ4n) is 2.46. The van der Waals surface area contributed by atoms with Gasteiger partial charge in [-0.1, -0.05) is 18.2 Å². The third-order valence-corrected chi connectivity index (χ3v) is 4.13. The third kappa shape index (κ3) is 5.91. The van der Waals surface area contributed by atoms with Gasteiger partial charge in [-0.05, 0) is 54.8 Å². The Morgan fingerprint density at radius 1 is 1.04 bits per heavy atom. The summed E-state index contributed by atoms with van der Waals surface area (Å²) in [5.74, 6) is -2.55. The van der Waals surface area contributed by atoms with Crippen LogP contribution in [-0.4, -0.2) is 40.9 Å². The van der Waals surface area contributed by atoms with E-state index in [1.165, 1.54) is 24.3 Å². The van der Waals surface area contributed by atoms with Crippen LogP contribution in [0, 0.1) is 19.7 Å². The summed E-state index contributed by atoms with van der Waals surface area (Å²) in [6.07, 6.45) is 0. The van der Waals surface area contributed by atoms with Crippen molar-refractivity contribution in [3.63, 3.8) is 0 Å². The predicted molar refractivity (Wildman–Crippen MR) is 97.7 cm³/mol. The van der Waals surface area contributed by atoms with Gasteiger partial charge in [0.2, 0.25) is 5.91 Å². The van der Waals surface area contributed by atoms with E-state index in [0.29, 0.717) is 11.1 Å². The van der Waals surface area contributed by atoms with E-state index in [9.17, 15) is 18.8 Å². The summed E-state index contributed by atoms with van der Waals surface area (Å²) in [4.78, 5) is 36.7. The maximum atomic E-state index is 13.0. The Bertz CT molecular complexity index is 850. The molecular weight excluding hydrogens is 351 g/mol. The Kier molecular flexibility index (Phi) is 6.65. The summed E-state index contributed by atoms with van der Waals surface area (Å²) in [6.45, 7) is 2.97. The number of carbonyl (C=O) groups excluding carboxylic acids is 2. The summed E-state index contributed by atoms with van der Waals surface area (Å²) in [5, 5.41) is 11.5. The zero-order valence-electron chi connectivity index (χ0n) is 15.2.